The van der Waals surface area contributed by atoms with Crippen molar-refractivity contribution in [3.8, 4) is 0 Å². The first-order valence-corrected chi connectivity index (χ1v) is 4.99. The Hall–Kier alpha value is 0.0900. The van der Waals surface area contributed by atoms with Crippen molar-refractivity contribution >= 4 is 12.6 Å². The van der Waals surface area contributed by atoms with Crippen molar-refractivity contribution in [2.45, 2.75) is 46.3 Å². The second-order valence-electron chi connectivity index (χ2n) is 2.76. The topological polar surface area (TPSA) is 0 Å². The van der Waals surface area contributed by atoms with Crippen LogP contribution in [0.5, 0.6) is 0 Å². The molecule has 0 aliphatic heterocycles. The van der Waals surface area contributed by atoms with E-state index in [0.717, 1.165) is 6.42 Å². The van der Waals surface area contributed by atoms with E-state index in [1.807, 2.05) is 13.8 Å². The molecule has 11 heavy (non-hydrogen) atoms. The number of hydrogen-bond donors (Lipinski definition) is 1. The monoisotopic (exact) mass is 174 g/mol. The Kier molecular flexibility index (Phi) is 12.5. The van der Waals surface area contributed by atoms with Crippen LogP contribution < -0.4 is 0 Å². The Balaban J connectivity index is 0. The molecule has 0 aromatic rings. The van der Waals surface area contributed by atoms with Crippen LogP contribution in [0.15, 0.2) is 12.2 Å². The molecule has 1 atom stereocenters. The van der Waals surface area contributed by atoms with Crippen molar-refractivity contribution in [1.29, 1.82) is 0 Å². The van der Waals surface area contributed by atoms with Crippen molar-refractivity contribution in [3.63, 3.8) is 0 Å². The van der Waals surface area contributed by atoms with Crippen LogP contribution in [0.4, 0.5) is 0 Å². The van der Waals surface area contributed by atoms with Gasteiger partial charge in [-0.15, -0.1) is 0 Å². The molecule has 1 unspecified atom stereocenters. The van der Waals surface area contributed by atoms with Gasteiger partial charge in [-0.1, -0.05) is 46.8 Å². The van der Waals surface area contributed by atoms with E-state index >= 15 is 0 Å². The molecule has 0 saturated heterocycles. The van der Waals surface area contributed by atoms with Crippen LogP contribution in [-0.2, 0) is 0 Å². The molecule has 0 N–H and O–H groups in total. The molecule has 0 heterocycles. The van der Waals surface area contributed by atoms with E-state index in [1.54, 1.807) is 0 Å². The van der Waals surface area contributed by atoms with E-state index in [4.69, 9.17) is 0 Å². The van der Waals surface area contributed by atoms with Gasteiger partial charge in [-0.25, -0.2) is 0 Å². The van der Waals surface area contributed by atoms with Gasteiger partial charge in [0.25, 0.3) is 0 Å². The fourth-order valence-electron chi connectivity index (χ4n) is 0.548. The lowest BCUT2D eigenvalue weighted by Gasteiger charge is -1.97. The summed E-state index contributed by atoms with van der Waals surface area (Å²) < 4.78 is 0. The minimum atomic E-state index is 0.500. The minimum Gasteiger partial charge on any atom is -0.176 e. The predicted octanol–water partition coefficient (Wildman–Crippen LogP) is 3.93. The van der Waals surface area contributed by atoms with E-state index in [1.165, 1.54) is 0 Å². The molecule has 0 amide bonds. The lowest BCUT2D eigenvalue weighted by atomic mass is 10.2. The molecule has 0 radical (unpaired) electrons. The second-order valence-corrected chi connectivity index (χ2v) is 3.64. The number of allylic oxidation sites excluding steroid dienone is 2. The fraction of sp³-hybridized carbons (Fsp3) is 0.800. The largest absolute Gasteiger partial charge is 0.176 e. The molecule has 0 saturated carbocycles. The van der Waals surface area contributed by atoms with E-state index in [-0.39, 0.29) is 0 Å². The summed E-state index contributed by atoms with van der Waals surface area (Å²) in [5.41, 5.74) is 0. The quantitative estimate of drug-likeness (QED) is 0.486. The van der Waals surface area contributed by atoms with Gasteiger partial charge < -0.3 is 0 Å². The number of hydrogen-bond acceptors (Lipinski definition) is 1. The first-order valence-electron chi connectivity index (χ1n) is 4.47. The normalized spacial score (nSPS) is 13.0. The highest BCUT2D eigenvalue weighted by Gasteiger charge is 1.88. The summed E-state index contributed by atoms with van der Waals surface area (Å²) >= 11 is 4.25. The van der Waals surface area contributed by atoms with Crippen molar-refractivity contribution in [2.75, 3.05) is 0 Å². The molecule has 0 aromatic heterocycles. The van der Waals surface area contributed by atoms with Crippen LogP contribution in [0.2, 0.25) is 0 Å². The first-order chi connectivity index (χ1) is 5.13. The highest BCUT2D eigenvalue weighted by atomic mass is 32.1. The molecular formula is C10H22S. The summed E-state index contributed by atoms with van der Waals surface area (Å²) in [4.78, 5) is 0. The smallest absolute Gasteiger partial charge is 0.00229 e. The lowest BCUT2D eigenvalue weighted by molar-refractivity contribution is 0.821. The fourth-order valence-corrected chi connectivity index (χ4v) is 0.669. The van der Waals surface area contributed by atoms with Crippen LogP contribution in [0, 0.1) is 5.92 Å². The summed E-state index contributed by atoms with van der Waals surface area (Å²) in [6, 6.07) is 0. The number of rotatable bonds is 3. The molecule has 0 bridgehead atoms. The van der Waals surface area contributed by atoms with Crippen LogP contribution in [0.3, 0.4) is 0 Å². The molecular weight excluding hydrogens is 152 g/mol. The van der Waals surface area contributed by atoms with Gasteiger partial charge in [0.2, 0.25) is 0 Å². The summed E-state index contributed by atoms with van der Waals surface area (Å²) in [7, 11) is 0. The van der Waals surface area contributed by atoms with E-state index in [0.29, 0.717) is 11.2 Å². The molecule has 1 heteroatoms. The second kappa shape index (κ2) is 10.1. The molecule has 0 spiro atoms. The number of thiol groups is 1. The van der Waals surface area contributed by atoms with Gasteiger partial charge >= 0.3 is 0 Å². The molecule has 0 aliphatic carbocycles. The Morgan fingerprint density at radius 3 is 1.91 bits per heavy atom. The summed E-state index contributed by atoms with van der Waals surface area (Å²) in [5, 5.41) is 0.500. The Labute approximate surface area is 77.5 Å². The highest BCUT2D eigenvalue weighted by molar-refractivity contribution is 7.80. The third kappa shape index (κ3) is 17.8. The van der Waals surface area contributed by atoms with Gasteiger partial charge in [-0.3, -0.25) is 0 Å². The van der Waals surface area contributed by atoms with Gasteiger partial charge in [0, 0.05) is 5.25 Å². The zero-order valence-electron chi connectivity index (χ0n) is 8.46. The summed E-state index contributed by atoms with van der Waals surface area (Å²) in [6.07, 6.45) is 5.50. The van der Waals surface area contributed by atoms with Crippen LogP contribution in [-0.4, -0.2) is 5.25 Å². The third-order valence-corrected chi connectivity index (χ3v) is 1.21. The first kappa shape index (κ1) is 13.7. The maximum absolute atomic E-state index is 4.25. The van der Waals surface area contributed by atoms with Gasteiger partial charge in [0.05, 0.1) is 0 Å². The van der Waals surface area contributed by atoms with Crippen molar-refractivity contribution in [3.05, 3.63) is 12.2 Å². The van der Waals surface area contributed by atoms with Gasteiger partial charge in [-0.2, -0.15) is 12.6 Å². The summed E-state index contributed by atoms with van der Waals surface area (Å²) in [5.74, 6) is 0.678. The molecule has 0 rings (SSSR count). The lowest BCUT2D eigenvalue weighted by Crippen LogP contribution is -1.86. The van der Waals surface area contributed by atoms with Crippen molar-refractivity contribution in [1.82, 2.24) is 0 Å². The molecule has 68 valence electrons. The summed E-state index contributed by atoms with van der Waals surface area (Å²) in [6.45, 7) is 10.5. The van der Waals surface area contributed by atoms with Gasteiger partial charge in [0.1, 0.15) is 0 Å². The predicted molar refractivity (Wildman–Crippen MR) is 58.4 cm³/mol. The Morgan fingerprint density at radius 1 is 1.18 bits per heavy atom. The SMILES string of the molecule is CC.CC(C)/C=C\CC(C)S. The molecule has 0 aromatic carbocycles. The van der Waals surface area contributed by atoms with Gasteiger partial charge in [-0.05, 0) is 12.3 Å². The zero-order valence-corrected chi connectivity index (χ0v) is 9.36. The van der Waals surface area contributed by atoms with Crippen molar-refractivity contribution < 1.29 is 0 Å². The highest BCUT2D eigenvalue weighted by Crippen LogP contribution is 2.02. The van der Waals surface area contributed by atoms with Crippen LogP contribution >= 0.6 is 12.6 Å². The third-order valence-electron chi connectivity index (χ3n) is 0.998. The maximum atomic E-state index is 4.25. The van der Waals surface area contributed by atoms with Crippen molar-refractivity contribution in [2.24, 2.45) is 5.92 Å². The Bertz CT molecular complexity index is 82.9. The van der Waals surface area contributed by atoms with Crippen LogP contribution in [0.1, 0.15) is 41.0 Å². The molecule has 0 aliphatic rings. The van der Waals surface area contributed by atoms with Gasteiger partial charge in [0.15, 0.2) is 0 Å². The van der Waals surface area contributed by atoms with E-state index in [9.17, 15) is 0 Å². The van der Waals surface area contributed by atoms with E-state index < -0.39 is 0 Å². The standard InChI is InChI=1S/C8H16S.C2H6/c1-7(2)5-4-6-8(3)9;1-2/h4-5,7-9H,6H2,1-3H3;1-2H3/b5-4-;. The molecule has 0 fully saturated rings. The van der Waals surface area contributed by atoms with E-state index in [2.05, 4.69) is 45.6 Å². The van der Waals surface area contributed by atoms with Crippen LogP contribution in [0.25, 0.3) is 0 Å². The zero-order chi connectivity index (χ0) is 9.28. The maximum Gasteiger partial charge on any atom is 0.00229 e. The minimum absolute atomic E-state index is 0.500. The molecule has 0 nitrogen and oxygen atoms in total. The average molecular weight is 174 g/mol. The Morgan fingerprint density at radius 2 is 1.64 bits per heavy atom. The average Bonchev–Trinajstić information content (AvgIpc) is 1.90.